The van der Waals surface area contributed by atoms with Gasteiger partial charge in [0.15, 0.2) is 5.96 Å². The van der Waals surface area contributed by atoms with Crippen LogP contribution in [0.25, 0.3) is 0 Å². The molecule has 1 heterocycles. The molecule has 1 atom stereocenters. The molecular weight excluding hydrogens is 326 g/mol. The Bertz CT molecular complexity index is 550. The summed E-state index contributed by atoms with van der Waals surface area (Å²) in [6, 6.07) is 8.43. The van der Waals surface area contributed by atoms with Crippen LogP contribution in [0.15, 0.2) is 33.7 Å². The Morgan fingerprint density at radius 3 is 2.52 bits per heavy atom. The maximum atomic E-state index is 6.24. The molecule has 0 radical (unpaired) electrons. The zero-order chi connectivity index (χ0) is 15.1. The first-order valence-corrected chi connectivity index (χ1v) is 8.57. The van der Waals surface area contributed by atoms with Crippen LogP contribution in [0.5, 0.6) is 0 Å². The summed E-state index contributed by atoms with van der Waals surface area (Å²) in [5.41, 5.74) is 7.93. The maximum Gasteiger partial charge on any atom is 0.196 e. The molecule has 1 aliphatic carbocycles. The fourth-order valence-electron chi connectivity index (χ4n) is 3.71. The standard InChI is InChI=1S/C17H24BrN3/c1-16(2)8-3-9-17(11-10-16)12-20-15(19)21(17)14-6-4-13(18)5-7-14/h4-7H,3,8-12H2,1-2H3,(H2,19,20). The highest BCUT2D eigenvalue weighted by atomic mass is 79.9. The van der Waals surface area contributed by atoms with Crippen molar-refractivity contribution in [2.45, 2.75) is 51.5 Å². The third kappa shape index (κ3) is 2.83. The van der Waals surface area contributed by atoms with E-state index in [4.69, 9.17) is 5.73 Å². The number of nitrogens with zero attached hydrogens (tertiary/aromatic N) is 2. The monoisotopic (exact) mass is 349 g/mol. The molecule has 1 saturated carbocycles. The van der Waals surface area contributed by atoms with Crippen molar-refractivity contribution >= 4 is 27.6 Å². The number of guanidine groups is 1. The maximum absolute atomic E-state index is 6.24. The third-order valence-corrected chi connectivity index (χ3v) is 5.62. The van der Waals surface area contributed by atoms with Crippen LogP contribution in [-0.4, -0.2) is 18.0 Å². The molecule has 0 bridgehead atoms. The third-order valence-electron chi connectivity index (χ3n) is 5.09. The van der Waals surface area contributed by atoms with Gasteiger partial charge in [0.1, 0.15) is 0 Å². The van der Waals surface area contributed by atoms with Crippen LogP contribution in [0.2, 0.25) is 0 Å². The van der Waals surface area contributed by atoms with Crippen molar-refractivity contribution in [2.24, 2.45) is 16.1 Å². The lowest BCUT2D eigenvalue weighted by Crippen LogP contribution is -2.51. The van der Waals surface area contributed by atoms with E-state index in [0.717, 1.165) is 16.7 Å². The van der Waals surface area contributed by atoms with Gasteiger partial charge in [-0.15, -0.1) is 0 Å². The average molecular weight is 350 g/mol. The predicted molar refractivity (Wildman–Crippen MR) is 92.7 cm³/mol. The molecule has 3 nitrogen and oxygen atoms in total. The molecule has 4 heteroatoms. The zero-order valence-electron chi connectivity index (χ0n) is 12.9. The summed E-state index contributed by atoms with van der Waals surface area (Å²) in [6.07, 6.45) is 6.13. The molecule has 1 fully saturated rings. The van der Waals surface area contributed by atoms with Crippen molar-refractivity contribution in [1.29, 1.82) is 0 Å². The summed E-state index contributed by atoms with van der Waals surface area (Å²) in [4.78, 5) is 6.88. The van der Waals surface area contributed by atoms with E-state index < -0.39 is 0 Å². The van der Waals surface area contributed by atoms with Crippen molar-refractivity contribution < 1.29 is 0 Å². The molecular formula is C17H24BrN3. The summed E-state index contributed by atoms with van der Waals surface area (Å²) in [5.74, 6) is 0.678. The molecule has 0 saturated heterocycles. The number of hydrogen-bond donors (Lipinski definition) is 1. The molecule has 1 aliphatic heterocycles. The first-order chi connectivity index (χ1) is 9.92. The Kier molecular flexibility index (Phi) is 3.76. The first-order valence-electron chi connectivity index (χ1n) is 7.78. The SMILES string of the molecule is CC1(C)CCCC2(CC1)CN=C(N)N2c1ccc(Br)cc1. The van der Waals surface area contributed by atoms with Crippen molar-refractivity contribution in [3.05, 3.63) is 28.7 Å². The summed E-state index contributed by atoms with van der Waals surface area (Å²) in [5, 5.41) is 0. The molecule has 2 N–H and O–H groups in total. The van der Waals surface area contributed by atoms with Crippen molar-refractivity contribution in [3.8, 4) is 0 Å². The summed E-state index contributed by atoms with van der Waals surface area (Å²) >= 11 is 3.50. The topological polar surface area (TPSA) is 41.6 Å². The average Bonchev–Trinajstić information content (AvgIpc) is 2.66. The first kappa shape index (κ1) is 14.9. The molecule has 1 aromatic rings. The smallest absolute Gasteiger partial charge is 0.196 e. The molecule has 1 spiro atoms. The fourth-order valence-corrected chi connectivity index (χ4v) is 3.97. The van der Waals surface area contributed by atoms with Gasteiger partial charge in [-0.2, -0.15) is 0 Å². The lowest BCUT2D eigenvalue weighted by atomic mass is 9.83. The number of nitrogens with two attached hydrogens (primary N) is 1. The molecule has 21 heavy (non-hydrogen) atoms. The Labute approximate surface area is 135 Å². The molecule has 0 amide bonds. The number of halogens is 1. The summed E-state index contributed by atoms with van der Waals surface area (Å²) in [6.45, 7) is 5.61. The Hall–Kier alpha value is -1.03. The summed E-state index contributed by atoms with van der Waals surface area (Å²) in [7, 11) is 0. The van der Waals surface area contributed by atoms with Crippen LogP contribution in [0.3, 0.4) is 0 Å². The predicted octanol–water partition coefficient (Wildman–Crippen LogP) is 4.31. The lowest BCUT2D eigenvalue weighted by molar-refractivity contribution is 0.302. The van der Waals surface area contributed by atoms with Gasteiger partial charge in [0.25, 0.3) is 0 Å². The van der Waals surface area contributed by atoms with E-state index >= 15 is 0 Å². The van der Waals surface area contributed by atoms with Crippen LogP contribution >= 0.6 is 15.9 Å². The van der Waals surface area contributed by atoms with Gasteiger partial charge in [0.05, 0.1) is 12.1 Å². The minimum atomic E-state index is 0.0890. The lowest BCUT2D eigenvalue weighted by Gasteiger charge is -2.39. The van der Waals surface area contributed by atoms with Gasteiger partial charge in [-0.1, -0.05) is 36.2 Å². The number of benzene rings is 1. The van der Waals surface area contributed by atoms with Crippen molar-refractivity contribution in [2.75, 3.05) is 11.4 Å². The van der Waals surface area contributed by atoms with Gasteiger partial charge < -0.3 is 10.6 Å². The van der Waals surface area contributed by atoms with Gasteiger partial charge >= 0.3 is 0 Å². The van der Waals surface area contributed by atoms with Crippen molar-refractivity contribution in [3.63, 3.8) is 0 Å². The summed E-state index contributed by atoms with van der Waals surface area (Å²) < 4.78 is 1.09. The van der Waals surface area contributed by atoms with Crippen LogP contribution in [0, 0.1) is 5.41 Å². The number of anilines is 1. The Morgan fingerprint density at radius 1 is 1.10 bits per heavy atom. The van der Waals surface area contributed by atoms with Crippen LogP contribution in [0.1, 0.15) is 46.0 Å². The molecule has 3 rings (SSSR count). The second kappa shape index (κ2) is 5.31. The molecule has 114 valence electrons. The highest BCUT2D eigenvalue weighted by Crippen LogP contribution is 2.44. The minimum absolute atomic E-state index is 0.0890. The molecule has 2 aliphatic rings. The number of hydrogen-bond acceptors (Lipinski definition) is 3. The van der Waals surface area contributed by atoms with Crippen LogP contribution in [0.4, 0.5) is 5.69 Å². The van der Waals surface area contributed by atoms with Gasteiger partial charge in [0, 0.05) is 10.2 Å². The normalized spacial score (nSPS) is 28.5. The zero-order valence-corrected chi connectivity index (χ0v) is 14.5. The molecule has 1 unspecified atom stereocenters. The van der Waals surface area contributed by atoms with Gasteiger partial charge in [-0.25, -0.2) is 0 Å². The van der Waals surface area contributed by atoms with E-state index in [1.165, 1.54) is 32.1 Å². The van der Waals surface area contributed by atoms with E-state index in [9.17, 15) is 0 Å². The van der Waals surface area contributed by atoms with E-state index in [2.05, 4.69) is 63.9 Å². The number of aliphatic imine (C=N–C) groups is 1. The quantitative estimate of drug-likeness (QED) is 0.820. The number of rotatable bonds is 1. The van der Waals surface area contributed by atoms with Crippen LogP contribution in [-0.2, 0) is 0 Å². The fraction of sp³-hybridized carbons (Fsp3) is 0.588. The van der Waals surface area contributed by atoms with E-state index in [1.807, 2.05) is 0 Å². The van der Waals surface area contributed by atoms with E-state index in [1.54, 1.807) is 0 Å². The highest BCUT2D eigenvalue weighted by Gasteiger charge is 2.45. The van der Waals surface area contributed by atoms with Crippen LogP contribution < -0.4 is 10.6 Å². The second-order valence-corrected chi connectivity index (χ2v) is 8.14. The van der Waals surface area contributed by atoms with Gasteiger partial charge in [-0.05, 0) is 55.4 Å². The van der Waals surface area contributed by atoms with E-state index in [0.29, 0.717) is 11.4 Å². The largest absolute Gasteiger partial charge is 0.369 e. The highest BCUT2D eigenvalue weighted by molar-refractivity contribution is 9.10. The second-order valence-electron chi connectivity index (χ2n) is 7.23. The van der Waals surface area contributed by atoms with E-state index in [-0.39, 0.29) is 5.54 Å². The van der Waals surface area contributed by atoms with Crippen molar-refractivity contribution in [1.82, 2.24) is 0 Å². The minimum Gasteiger partial charge on any atom is -0.369 e. The Morgan fingerprint density at radius 2 is 1.81 bits per heavy atom. The molecule has 0 aromatic heterocycles. The Balaban J connectivity index is 1.93. The van der Waals surface area contributed by atoms with Gasteiger partial charge in [-0.3, -0.25) is 4.99 Å². The molecule has 1 aromatic carbocycles. The van der Waals surface area contributed by atoms with Gasteiger partial charge in [0.2, 0.25) is 0 Å².